The fourth-order valence-electron chi connectivity index (χ4n) is 2.68. The third-order valence-corrected chi connectivity index (χ3v) is 5.20. The van der Waals surface area contributed by atoms with Gasteiger partial charge < -0.3 is 24.1 Å². The van der Waals surface area contributed by atoms with E-state index in [1.54, 1.807) is 39.5 Å². The number of rotatable bonds is 8. The molecular weight excluding hydrogens is 392 g/mol. The van der Waals surface area contributed by atoms with Crippen molar-refractivity contribution >= 4 is 23.4 Å². The van der Waals surface area contributed by atoms with E-state index in [1.165, 1.54) is 11.8 Å². The van der Waals surface area contributed by atoms with Crippen LogP contribution in [0.15, 0.2) is 47.6 Å². The quantitative estimate of drug-likeness (QED) is 0.566. The van der Waals surface area contributed by atoms with Crippen LogP contribution in [0.1, 0.15) is 0 Å². The lowest BCUT2D eigenvalue weighted by Crippen LogP contribution is -2.15. The second kappa shape index (κ2) is 9.33. The molecule has 0 fully saturated rings. The number of hydrogen-bond acceptors (Lipinski definition) is 7. The van der Waals surface area contributed by atoms with Crippen molar-refractivity contribution in [2.24, 2.45) is 7.05 Å². The van der Waals surface area contributed by atoms with E-state index in [0.29, 0.717) is 28.2 Å². The highest BCUT2D eigenvalue weighted by Gasteiger charge is 2.15. The van der Waals surface area contributed by atoms with Crippen LogP contribution >= 0.6 is 11.8 Å². The van der Waals surface area contributed by atoms with E-state index in [9.17, 15) is 4.79 Å². The van der Waals surface area contributed by atoms with Gasteiger partial charge in [0.05, 0.1) is 32.8 Å². The van der Waals surface area contributed by atoms with E-state index >= 15 is 0 Å². The van der Waals surface area contributed by atoms with Crippen LogP contribution in [0.5, 0.6) is 17.2 Å². The van der Waals surface area contributed by atoms with Gasteiger partial charge in [0.2, 0.25) is 5.91 Å². The zero-order valence-corrected chi connectivity index (χ0v) is 17.4. The zero-order chi connectivity index (χ0) is 20.8. The number of methoxy groups -OCH3 is 3. The molecule has 8 nitrogen and oxygen atoms in total. The number of carbonyl (C=O) groups excluding carboxylic acids is 1. The van der Waals surface area contributed by atoms with Crippen LogP contribution in [0, 0.1) is 0 Å². The van der Waals surface area contributed by atoms with Crippen molar-refractivity contribution in [3.05, 3.63) is 42.5 Å². The Morgan fingerprint density at radius 2 is 1.79 bits per heavy atom. The summed E-state index contributed by atoms with van der Waals surface area (Å²) in [5.74, 6) is 2.61. The molecule has 3 rings (SSSR count). The predicted molar refractivity (Wildman–Crippen MR) is 112 cm³/mol. The minimum atomic E-state index is -0.188. The predicted octanol–water partition coefficient (Wildman–Crippen LogP) is 3.24. The first-order valence-corrected chi connectivity index (χ1v) is 9.72. The number of benzene rings is 2. The van der Waals surface area contributed by atoms with Gasteiger partial charge in [0.1, 0.15) is 17.2 Å². The van der Waals surface area contributed by atoms with Gasteiger partial charge in [-0.3, -0.25) is 4.79 Å². The average molecular weight is 414 g/mol. The molecule has 0 aliphatic rings. The number of thioether (sulfide) groups is 1. The summed E-state index contributed by atoms with van der Waals surface area (Å²) in [6, 6.07) is 12.8. The van der Waals surface area contributed by atoms with E-state index in [1.807, 2.05) is 35.9 Å². The van der Waals surface area contributed by atoms with Crippen molar-refractivity contribution in [2.45, 2.75) is 5.16 Å². The molecule has 1 N–H and O–H groups in total. The Balaban J connectivity index is 1.68. The molecule has 0 unspecified atom stereocenters. The number of hydrogen-bond donors (Lipinski definition) is 1. The summed E-state index contributed by atoms with van der Waals surface area (Å²) in [4.78, 5) is 12.4. The largest absolute Gasteiger partial charge is 0.497 e. The van der Waals surface area contributed by atoms with Crippen molar-refractivity contribution in [1.82, 2.24) is 14.8 Å². The van der Waals surface area contributed by atoms with Gasteiger partial charge in [-0.2, -0.15) is 0 Å². The first kappa shape index (κ1) is 20.5. The third kappa shape index (κ3) is 4.80. The van der Waals surface area contributed by atoms with Crippen LogP contribution in [0.2, 0.25) is 0 Å². The summed E-state index contributed by atoms with van der Waals surface area (Å²) < 4.78 is 17.6. The van der Waals surface area contributed by atoms with Crippen LogP contribution in [0.3, 0.4) is 0 Å². The molecule has 0 saturated heterocycles. The Labute approximate surface area is 173 Å². The first-order chi connectivity index (χ1) is 14.0. The highest BCUT2D eigenvalue weighted by Crippen LogP contribution is 2.29. The zero-order valence-electron chi connectivity index (χ0n) is 16.6. The molecule has 1 heterocycles. The maximum absolute atomic E-state index is 12.4. The van der Waals surface area contributed by atoms with Gasteiger partial charge in [0, 0.05) is 18.7 Å². The molecule has 0 bridgehead atoms. The fourth-order valence-corrected chi connectivity index (χ4v) is 3.39. The molecule has 9 heteroatoms. The second-order valence-electron chi connectivity index (χ2n) is 6.00. The molecule has 29 heavy (non-hydrogen) atoms. The number of ether oxygens (including phenoxy) is 3. The molecule has 0 radical (unpaired) electrons. The van der Waals surface area contributed by atoms with Crippen LogP contribution in [0.25, 0.3) is 11.4 Å². The number of nitrogens with zero attached hydrogens (tertiary/aromatic N) is 3. The lowest BCUT2D eigenvalue weighted by Gasteiger charge is -2.11. The molecule has 0 aliphatic heterocycles. The maximum atomic E-state index is 12.4. The highest BCUT2D eigenvalue weighted by atomic mass is 32.2. The SMILES string of the molecule is COc1cccc(-c2nnc(SCC(=O)Nc3cc(OC)ccc3OC)n2C)c1. The van der Waals surface area contributed by atoms with Gasteiger partial charge in [0.25, 0.3) is 0 Å². The molecule has 0 spiro atoms. The Morgan fingerprint density at radius 3 is 2.52 bits per heavy atom. The molecule has 3 aromatic rings. The normalized spacial score (nSPS) is 10.5. The molecule has 0 atom stereocenters. The summed E-state index contributed by atoms with van der Waals surface area (Å²) in [6.45, 7) is 0. The summed E-state index contributed by atoms with van der Waals surface area (Å²) in [5, 5.41) is 11.9. The Kier molecular flexibility index (Phi) is 6.61. The number of nitrogens with one attached hydrogen (secondary N) is 1. The van der Waals surface area contributed by atoms with E-state index in [2.05, 4.69) is 15.5 Å². The average Bonchev–Trinajstić information content (AvgIpc) is 3.12. The Bertz CT molecular complexity index is 1010. The van der Waals surface area contributed by atoms with Gasteiger partial charge in [-0.15, -0.1) is 10.2 Å². The van der Waals surface area contributed by atoms with E-state index in [0.717, 1.165) is 11.3 Å². The molecule has 152 valence electrons. The maximum Gasteiger partial charge on any atom is 0.234 e. The Hall–Kier alpha value is -3.20. The monoisotopic (exact) mass is 414 g/mol. The number of carbonyl (C=O) groups is 1. The molecule has 0 saturated carbocycles. The molecule has 2 aromatic carbocycles. The van der Waals surface area contributed by atoms with Crippen LogP contribution in [-0.4, -0.2) is 47.8 Å². The minimum Gasteiger partial charge on any atom is -0.497 e. The molecule has 0 aliphatic carbocycles. The lowest BCUT2D eigenvalue weighted by atomic mass is 10.2. The number of amides is 1. The fraction of sp³-hybridized carbons (Fsp3) is 0.250. The van der Waals surface area contributed by atoms with Gasteiger partial charge in [-0.25, -0.2) is 0 Å². The minimum absolute atomic E-state index is 0.171. The smallest absolute Gasteiger partial charge is 0.234 e. The lowest BCUT2D eigenvalue weighted by molar-refractivity contribution is -0.113. The Morgan fingerprint density at radius 1 is 1.03 bits per heavy atom. The third-order valence-electron chi connectivity index (χ3n) is 4.18. The van der Waals surface area contributed by atoms with E-state index in [4.69, 9.17) is 14.2 Å². The van der Waals surface area contributed by atoms with Crippen molar-refractivity contribution in [2.75, 3.05) is 32.4 Å². The van der Waals surface area contributed by atoms with Gasteiger partial charge in [-0.1, -0.05) is 23.9 Å². The first-order valence-electron chi connectivity index (χ1n) is 8.74. The highest BCUT2D eigenvalue weighted by molar-refractivity contribution is 7.99. The summed E-state index contributed by atoms with van der Waals surface area (Å²) >= 11 is 1.30. The summed E-state index contributed by atoms with van der Waals surface area (Å²) in [6.07, 6.45) is 0. The van der Waals surface area contributed by atoms with E-state index < -0.39 is 0 Å². The topological polar surface area (TPSA) is 87.5 Å². The van der Waals surface area contributed by atoms with E-state index in [-0.39, 0.29) is 11.7 Å². The summed E-state index contributed by atoms with van der Waals surface area (Å²) in [5.41, 5.74) is 1.43. The van der Waals surface area contributed by atoms with Gasteiger partial charge in [-0.05, 0) is 24.3 Å². The van der Waals surface area contributed by atoms with Crippen molar-refractivity contribution < 1.29 is 19.0 Å². The molecular formula is C20H22N4O4S. The second-order valence-corrected chi connectivity index (χ2v) is 6.94. The van der Waals surface area contributed by atoms with Gasteiger partial charge >= 0.3 is 0 Å². The number of anilines is 1. The van der Waals surface area contributed by atoms with Crippen molar-refractivity contribution in [3.63, 3.8) is 0 Å². The van der Waals surface area contributed by atoms with Crippen LogP contribution < -0.4 is 19.5 Å². The molecule has 1 amide bonds. The standard InChI is InChI=1S/C20H22N4O4S/c1-24-19(13-6-5-7-14(10-13)26-2)22-23-20(24)29-12-18(25)21-16-11-15(27-3)8-9-17(16)28-4/h5-11H,12H2,1-4H3,(H,21,25). The summed E-state index contributed by atoms with van der Waals surface area (Å²) in [7, 11) is 6.59. The van der Waals surface area contributed by atoms with Crippen LogP contribution in [-0.2, 0) is 11.8 Å². The number of aromatic nitrogens is 3. The van der Waals surface area contributed by atoms with Crippen molar-refractivity contribution in [3.8, 4) is 28.6 Å². The van der Waals surface area contributed by atoms with Crippen LogP contribution in [0.4, 0.5) is 5.69 Å². The molecule has 1 aromatic heterocycles. The van der Waals surface area contributed by atoms with Gasteiger partial charge in [0.15, 0.2) is 11.0 Å². The van der Waals surface area contributed by atoms with Crippen molar-refractivity contribution in [1.29, 1.82) is 0 Å².